The number of aromatic amines is 1. The molecule has 0 amide bonds. The highest BCUT2D eigenvalue weighted by Crippen LogP contribution is 1.72. The first-order chi connectivity index (χ1) is 2.50. The molecule has 0 spiro atoms. The van der Waals surface area contributed by atoms with Crippen LogP contribution in [0.5, 0.6) is 0 Å². The Morgan fingerprint density at radius 2 is 1.29 bits per heavy atom. The van der Waals surface area contributed by atoms with Crippen molar-refractivity contribution in [3.05, 3.63) is 24.5 Å². The number of hydrogen-bond donors (Lipinski definition) is 1. The van der Waals surface area contributed by atoms with E-state index in [1.807, 2.05) is 24.5 Å². The molecule has 1 heteroatoms. The van der Waals surface area contributed by atoms with E-state index < -0.39 is 0 Å². The minimum absolute atomic E-state index is 0. The van der Waals surface area contributed by atoms with Gasteiger partial charge in [-0.1, -0.05) is 14.9 Å². The minimum Gasteiger partial charge on any atom is -0.368 e. The van der Waals surface area contributed by atoms with Gasteiger partial charge in [-0.05, 0) is 12.1 Å². The number of rotatable bonds is 0. The smallest absolute Gasteiger partial charge is 0.000496 e. The first-order valence-corrected chi connectivity index (χ1v) is 1.58. The zero-order chi connectivity index (χ0) is 3.54. The van der Waals surface area contributed by atoms with Crippen molar-refractivity contribution in [2.24, 2.45) is 0 Å². The molecule has 0 aliphatic rings. The summed E-state index contributed by atoms with van der Waals surface area (Å²) < 4.78 is 0. The van der Waals surface area contributed by atoms with Gasteiger partial charge < -0.3 is 4.98 Å². The lowest BCUT2D eigenvalue weighted by molar-refractivity contribution is 1.42. The van der Waals surface area contributed by atoms with Gasteiger partial charge in [0.05, 0.1) is 0 Å². The second-order valence-corrected chi connectivity index (χ2v) is 0.885. The molecule has 0 atom stereocenters. The van der Waals surface area contributed by atoms with Crippen molar-refractivity contribution in [2.75, 3.05) is 0 Å². The second kappa shape index (κ2) is 5.28. The Balaban J connectivity index is 0. The number of nitrogens with one attached hydrogen (secondary N) is 1. The fraction of sp³-hybridized carbons (Fsp3) is 0.333. The predicted octanol–water partition coefficient (Wildman–Crippen LogP) is 2.29. The van der Waals surface area contributed by atoms with E-state index in [1.54, 1.807) is 0 Å². The molecule has 0 aliphatic carbocycles. The zero-order valence-electron chi connectivity index (χ0n) is 2.81. The molecule has 1 heterocycles. The van der Waals surface area contributed by atoms with Crippen LogP contribution in [0.3, 0.4) is 0 Å². The molecule has 0 fully saturated rings. The van der Waals surface area contributed by atoms with Crippen LogP contribution in [0.15, 0.2) is 24.5 Å². The monoisotopic (exact) mass is 99.1 g/mol. The lowest BCUT2D eigenvalue weighted by Crippen LogP contribution is -1.38. The summed E-state index contributed by atoms with van der Waals surface area (Å²) in [6.07, 6.45) is 3.75. The van der Waals surface area contributed by atoms with Gasteiger partial charge in [0.1, 0.15) is 0 Å². The maximum atomic E-state index is 2.86. The summed E-state index contributed by atoms with van der Waals surface area (Å²) in [5.41, 5.74) is 0. The summed E-state index contributed by atoms with van der Waals surface area (Å²) in [5, 5.41) is 0. The highest BCUT2D eigenvalue weighted by molar-refractivity contribution is 4.84. The van der Waals surface area contributed by atoms with E-state index in [1.165, 1.54) is 0 Å². The van der Waals surface area contributed by atoms with Crippen LogP contribution in [0.2, 0.25) is 0 Å². The Morgan fingerprint density at radius 1 is 0.857 bits per heavy atom. The van der Waals surface area contributed by atoms with Crippen molar-refractivity contribution in [1.29, 1.82) is 0 Å². The van der Waals surface area contributed by atoms with Gasteiger partial charge in [0.25, 0.3) is 0 Å². The van der Waals surface area contributed by atoms with Crippen molar-refractivity contribution in [2.45, 2.75) is 14.9 Å². The highest BCUT2D eigenvalue weighted by Gasteiger charge is 1.55. The van der Waals surface area contributed by atoms with Gasteiger partial charge in [-0.3, -0.25) is 0 Å². The molecule has 0 saturated carbocycles. The second-order valence-electron chi connectivity index (χ2n) is 0.885. The molecule has 1 aromatic rings. The SMILES string of the molecule is C.C.c1cc[nH]c1. The Morgan fingerprint density at radius 3 is 1.43 bits per heavy atom. The van der Waals surface area contributed by atoms with Crippen LogP contribution < -0.4 is 0 Å². The van der Waals surface area contributed by atoms with Gasteiger partial charge in [0.2, 0.25) is 0 Å². The molecular formula is C6H13N. The van der Waals surface area contributed by atoms with Gasteiger partial charge >= 0.3 is 0 Å². The van der Waals surface area contributed by atoms with Gasteiger partial charge in [-0.15, -0.1) is 0 Å². The van der Waals surface area contributed by atoms with Crippen LogP contribution in [0, 0.1) is 0 Å². The van der Waals surface area contributed by atoms with Crippen LogP contribution in [0.4, 0.5) is 0 Å². The third-order valence-corrected chi connectivity index (χ3v) is 0.496. The summed E-state index contributed by atoms with van der Waals surface area (Å²) in [6, 6.07) is 3.89. The standard InChI is InChI=1S/C4H5N.2CH4/c1-2-4-5-3-1;;/h1-5H;2*1H4. The largest absolute Gasteiger partial charge is 0.368 e. The third-order valence-electron chi connectivity index (χ3n) is 0.496. The van der Waals surface area contributed by atoms with Crippen LogP contribution in [-0.2, 0) is 0 Å². The van der Waals surface area contributed by atoms with Gasteiger partial charge in [-0.2, -0.15) is 0 Å². The van der Waals surface area contributed by atoms with Gasteiger partial charge in [0, 0.05) is 12.4 Å². The lowest BCUT2D eigenvalue weighted by atomic mass is 10.7. The summed E-state index contributed by atoms with van der Waals surface area (Å²) in [4.78, 5) is 2.86. The van der Waals surface area contributed by atoms with Crippen molar-refractivity contribution in [3.8, 4) is 0 Å². The molecule has 0 aromatic carbocycles. The molecule has 0 unspecified atom stereocenters. The molecule has 0 bridgehead atoms. The van der Waals surface area contributed by atoms with E-state index in [9.17, 15) is 0 Å². The predicted molar refractivity (Wildman–Crippen MR) is 34.3 cm³/mol. The van der Waals surface area contributed by atoms with Gasteiger partial charge in [0.15, 0.2) is 0 Å². The molecule has 0 aliphatic heterocycles. The van der Waals surface area contributed by atoms with Crippen LogP contribution >= 0.6 is 0 Å². The average Bonchev–Trinajstić information content (AvgIpc) is 1.76. The molecule has 1 N–H and O–H groups in total. The molecule has 1 rings (SSSR count). The summed E-state index contributed by atoms with van der Waals surface area (Å²) in [5.74, 6) is 0. The molecule has 0 radical (unpaired) electrons. The van der Waals surface area contributed by atoms with E-state index in [2.05, 4.69) is 4.98 Å². The van der Waals surface area contributed by atoms with E-state index >= 15 is 0 Å². The maximum absolute atomic E-state index is 2.86. The van der Waals surface area contributed by atoms with Crippen molar-refractivity contribution in [3.63, 3.8) is 0 Å². The van der Waals surface area contributed by atoms with Crippen molar-refractivity contribution in [1.82, 2.24) is 4.98 Å². The lowest BCUT2D eigenvalue weighted by Gasteiger charge is -1.49. The number of hydrogen-bond acceptors (Lipinski definition) is 0. The topological polar surface area (TPSA) is 15.8 Å². The number of aromatic nitrogens is 1. The first kappa shape index (κ1) is 9.56. The molecule has 0 saturated heterocycles. The molecule has 7 heavy (non-hydrogen) atoms. The first-order valence-electron chi connectivity index (χ1n) is 1.58. The summed E-state index contributed by atoms with van der Waals surface area (Å²) in [6.45, 7) is 0. The van der Waals surface area contributed by atoms with E-state index in [-0.39, 0.29) is 14.9 Å². The summed E-state index contributed by atoms with van der Waals surface area (Å²) in [7, 11) is 0. The van der Waals surface area contributed by atoms with E-state index in [0.29, 0.717) is 0 Å². The molecular weight excluding hydrogens is 86.1 g/mol. The average molecular weight is 99.2 g/mol. The molecule has 42 valence electrons. The normalized spacial score (nSPS) is 5.71. The van der Waals surface area contributed by atoms with E-state index in [0.717, 1.165) is 0 Å². The fourth-order valence-corrected chi connectivity index (χ4v) is 0.278. The Kier molecular flexibility index (Phi) is 7.21. The van der Waals surface area contributed by atoms with E-state index in [4.69, 9.17) is 0 Å². The minimum atomic E-state index is 0. The summed E-state index contributed by atoms with van der Waals surface area (Å²) >= 11 is 0. The molecule has 1 nitrogen and oxygen atoms in total. The zero-order valence-corrected chi connectivity index (χ0v) is 2.81. The number of H-pyrrole nitrogens is 1. The third kappa shape index (κ3) is 3.10. The highest BCUT2D eigenvalue weighted by atomic mass is 14.6. The maximum Gasteiger partial charge on any atom is 0.000496 e. The Hall–Kier alpha value is -0.720. The Bertz CT molecular complexity index is 60.7. The quantitative estimate of drug-likeness (QED) is 0.513. The van der Waals surface area contributed by atoms with Gasteiger partial charge in [-0.25, -0.2) is 0 Å². The molecule has 1 aromatic heterocycles. The van der Waals surface area contributed by atoms with Crippen molar-refractivity contribution < 1.29 is 0 Å². The Labute approximate surface area is 45.4 Å². The van der Waals surface area contributed by atoms with Crippen LogP contribution in [-0.4, -0.2) is 4.98 Å². The van der Waals surface area contributed by atoms with Crippen LogP contribution in [0.25, 0.3) is 0 Å². The van der Waals surface area contributed by atoms with Crippen molar-refractivity contribution >= 4 is 0 Å². The fourth-order valence-electron chi connectivity index (χ4n) is 0.278. The van der Waals surface area contributed by atoms with Crippen LogP contribution in [0.1, 0.15) is 14.9 Å².